The molecule has 146 valence electrons. The van der Waals surface area contributed by atoms with Gasteiger partial charge in [-0.2, -0.15) is 5.10 Å². The highest BCUT2D eigenvalue weighted by molar-refractivity contribution is 5.73. The van der Waals surface area contributed by atoms with E-state index >= 15 is 0 Å². The van der Waals surface area contributed by atoms with Gasteiger partial charge < -0.3 is 4.98 Å². The summed E-state index contributed by atoms with van der Waals surface area (Å²) in [7, 11) is 0. The van der Waals surface area contributed by atoms with Crippen molar-refractivity contribution in [1.29, 1.82) is 0 Å². The van der Waals surface area contributed by atoms with Crippen molar-refractivity contribution in [2.45, 2.75) is 51.6 Å². The Morgan fingerprint density at radius 1 is 1.18 bits per heavy atom. The molecule has 8 heteroatoms. The van der Waals surface area contributed by atoms with E-state index in [2.05, 4.69) is 31.9 Å². The Hall–Kier alpha value is -2.61. The number of fused-ring (bicyclic) bond motifs is 1. The van der Waals surface area contributed by atoms with E-state index < -0.39 is 0 Å². The second-order valence-electron chi connectivity index (χ2n) is 8.28. The topological polar surface area (TPSA) is 92.6 Å². The van der Waals surface area contributed by atoms with Crippen molar-refractivity contribution in [2.24, 2.45) is 5.92 Å². The summed E-state index contributed by atoms with van der Waals surface area (Å²) in [6, 6.07) is 0.388. The van der Waals surface area contributed by atoms with Crippen LogP contribution in [0.3, 0.4) is 0 Å². The Balaban J connectivity index is 1.41. The number of likely N-dealkylation sites (tertiary alicyclic amines) is 1. The van der Waals surface area contributed by atoms with Crippen LogP contribution in [0.5, 0.6) is 0 Å². The highest BCUT2D eigenvalue weighted by Crippen LogP contribution is 2.34. The van der Waals surface area contributed by atoms with Gasteiger partial charge in [0.2, 0.25) is 0 Å². The maximum atomic E-state index is 12.6. The molecule has 1 saturated carbocycles. The molecule has 5 rings (SSSR count). The van der Waals surface area contributed by atoms with Crippen molar-refractivity contribution in [3.63, 3.8) is 0 Å². The molecule has 1 aliphatic carbocycles. The normalized spacial score (nSPS) is 23.4. The van der Waals surface area contributed by atoms with Crippen molar-refractivity contribution in [3.05, 3.63) is 46.2 Å². The largest absolute Gasteiger partial charge is 0.310 e. The molecule has 2 aliphatic rings. The summed E-state index contributed by atoms with van der Waals surface area (Å²) in [5.41, 5.74) is 1.77. The molecule has 1 aliphatic heterocycles. The van der Waals surface area contributed by atoms with Gasteiger partial charge in [-0.05, 0) is 32.1 Å². The molecule has 1 N–H and O–H groups in total. The third kappa shape index (κ3) is 3.01. The molecule has 0 radical (unpaired) electrons. The molecule has 4 heterocycles. The molecule has 0 spiro atoms. The minimum Gasteiger partial charge on any atom is -0.310 e. The second-order valence-corrected chi connectivity index (χ2v) is 8.28. The highest BCUT2D eigenvalue weighted by Gasteiger charge is 2.33. The van der Waals surface area contributed by atoms with Gasteiger partial charge >= 0.3 is 0 Å². The minimum absolute atomic E-state index is 0.0804. The van der Waals surface area contributed by atoms with Gasteiger partial charge in [-0.3, -0.25) is 9.69 Å². The molecule has 0 bridgehead atoms. The molecule has 28 heavy (non-hydrogen) atoms. The molecule has 3 aromatic rings. The maximum Gasteiger partial charge on any atom is 0.262 e. The van der Waals surface area contributed by atoms with Crippen molar-refractivity contribution >= 4 is 11.0 Å². The molecule has 0 aromatic carbocycles. The zero-order chi connectivity index (χ0) is 19.3. The average molecular weight is 379 g/mol. The standard InChI is InChI=1S/C20H25N7O/c1-12-9-26(10-14-6-21-13(2)22-7-14)11-17(12)18-24-19-16(20(28)25-18)8-23-27(19)15-4-3-5-15/h6-8,12,15,17H,3-5,9-11H2,1-2H3,(H,24,25,28)/t12-,17-/m1/s1. The summed E-state index contributed by atoms with van der Waals surface area (Å²) in [4.78, 5) is 31.5. The predicted octanol–water partition coefficient (Wildman–Crippen LogP) is 2.18. The Morgan fingerprint density at radius 3 is 2.68 bits per heavy atom. The number of nitrogens with one attached hydrogen (secondary N) is 1. The zero-order valence-electron chi connectivity index (χ0n) is 16.3. The number of nitrogens with zero attached hydrogens (tertiary/aromatic N) is 6. The third-order valence-corrected chi connectivity index (χ3v) is 6.18. The smallest absolute Gasteiger partial charge is 0.262 e. The first kappa shape index (κ1) is 17.5. The summed E-state index contributed by atoms with van der Waals surface area (Å²) in [6.07, 6.45) is 8.90. The number of hydrogen-bond donors (Lipinski definition) is 1. The van der Waals surface area contributed by atoms with Gasteiger partial charge in [0.05, 0.1) is 12.2 Å². The van der Waals surface area contributed by atoms with E-state index in [0.29, 0.717) is 17.3 Å². The van der Waals surface area contributed by atoms with E-state index in [-0.39, 0.29) is 11.5 Å². The van der Waals surface area contributed by atoms with E-state index in [1.165, 1.54) is 6.42 Å². The molecule has 8 nitrogen and oxygen atoms in total. The quantitative estimate of drug-likeness (QED) is 0.747. The van der Waals surface area contributed by atoms with Crippen LogP contribution in [0.1, 0.15) is 55.4 Å². The van der Waals surface area contributed by atoms with Crippen LogP contribution in [0.15, 0.2) is 23.4 Å². The Morgan fingerprint density at radius 2 is 1.96 bits per heavy atom. The van der Waals surface area contributed by atoms with Crippen LogP contribution in [-0.4, -0.2) is 47.7 Å². The van der Waals surface area contributed by atoms with Crippen LogP contribution >= 0.6 is 0 Å². The van der Waals surface area contributed by atoms with Crippen LogP contribution in [0, 0.1) is 12.8 Å². The van der Waals surface area contributed by atoms with Gasteiger partial charge in [-0.25, -0.2) is 19.6 Å². The molecular weight excluding hydrogens is 354 g/mol. The monoisotopic (exact) mass is 379 g/mol. The summed E-state index contributed by atoms with van der Waals surface area (Å²) < 4.78 is 1.96. The number of aromatic amines is 1. The first-order valence-electron chi connectivity index (χ1n) is 10.1. The minimum atomic E-state index is -0.0804. The number of aryl methyl sites for hydroxylation is 1. The Kier molecular flexibility index (Phi) is 4.23. The molecule has 2 fully saturated rings. The van der Waals surface area contributed by atoms with E-state index in [4.69, 9.17) is 4.98 Å². The highest BCUT2D eigenvalue weighted by atomic mass is 16.1. The fraction of sp³-hybridized carbons (Fsp3) is 0.550. The fourth-order valence-corrected chi connectivity index (χ4v) is 4.34. The van der Waals surface area contributed by atoms with Gasteiger partial charge in [0.15, 0.2) is 5.65 Å². The van der Waals surface area contributed by atoms with E-state index in [1.54, 1.807) is 6.20 Å². The number of aromatic nitrogens is 6. The first-order chi connectivity index (χ1) is 13.6. The lowest BCUT2D eigenvalue weighted by molar-refractivity contribution is 0.295. The summed E-state index contributed by atoms with van der Waals surface area (Å²) in [5.74, 6) is 2.18. The third-order valence-electron chi connectivity index (χ3n) is 6.18. The Labute approximate surface area is 163 Å². The predicted molar refractivity (Wildman–Crippen MR) is 105 cm³/mol. The van der Waals surface area contributed by atoms with E-state index in [0.717, 1.165) is 55.3 Å². The van der Waals surface area contributed by atoms with Crippen molar-refractivity contribution in [3.8, 4) is 0 Å². The average Bonchev–Trinajstić information content (AvgIpc) is 3.20. The SMILES string of the molecule is Cc1ncc(CN2C[C@@H](C)[C@H](c3nc4c(cnn4C4CCC4)c(=O)[nH]3)C2)cn1. The van der Waals surface area contributed by atoms with Gasteiger partial charge in [0.1, 0.15) is 17.0 Å². The zero-order valence-corrected chi connectivity index (χ0v) is 16.3. The summed E-state index contributed by atoms with van der Waals surface area (Å²) >= 11 is 0. The number of rotatable bonds is 4. The van der Waals surface area contributed by atoms with Crippen LogP contribution in [0.2, 0.25) is 0 Å². The molecule has 1 saturated heterocycles. The lowest BCUT2D eigenvalue weighted by Gasteiger charge is -2.26. The van der Waals surface area contributed by atoms with Crippen molar-refractivity contribution in [1.82, 2.24) is 34.6 Å². The molecule has 0 amide bonds. The van der Waals surface area contributed by atoms with Crippen LogP contribution in [0.25, 0.3) is 11.0 Å². The van der Waals surface area contributed by atoms with Crippen LogP contribution in [-0.2, 0) is 6.54 Å². The van der Waals surface area contributed by atoms with Gasteiger partial charge in [-0.1, -0.05) is 6.92 Å². The van der Waals surface area contributed by atoms with Gasteiger partial charge in [0.25, 0.3) is 5.56 Å². The molecule has 2 atom stereocenters. The van der Waals surface area contributed by atoms with Gasteiger partial charge in [0, 0.05) is 43.5 Å². The lowest BCUT2D eigenvalue weighted by Crippen LogP contribution is -2.23. The van der Waals surface area contributed by atoms with Crippen LogP contribution in [0.4, 0.5) is 0 Å². The van der Waals surface area contributed by atoms with Gasteiger partial charge in [-0.15, -0.1) is 0 Å². The molecule has 0 unspecified atom stereocenters. The fourth-order valence-electron chi connectivity index (χ4n) is 4.34. The summed E-state index contributed by atoms with van der Waals surface area (Å²) in [5, 5.41) is 5.05. The first-order valence-corrected chi connectivity index (χ1v) is 10.1. The maximum absolute atomic E-state index is 12.6. The molecular formula is C20H25N7O. The Bertz CT molecular complexity index is 1050. The van der Waals surface area contributed by atoms with Crippen LogP contribution < -0.4 is 5.56 Å². The second kappa shape index (κ2) is 6.77. The number of H-pyrrole nitrogens is 1. The van der Waals surface area contributed by atoms with E-state index in [1.807, 2.05) is 24.0 Å². The number of hydrogen-bond acceptors (Lipinski definition) is 6. The van der Waals surface area contributed by atoms with Crippen molar-refractivity contribution in [2.75, 3.05) is 13.1 Å². The van der Waals surface area contributed by atoms with Crippen molar-refractivity contribution < 1.29 is 0 Å². The lowest BCUT2D eigenvalue weighted by atomic mass is 9.93. The summed E-state index contributed by atoms with van der Waals surface area (Å²) in [6.45, 7) is 6.75. The van der Waals surface area contributed by atoms with E-state index in [9.17, 15) is 4.79 Å². The molecule has 3 aromatic heterocycles.